The van der Waals surface area contributed by atoms with E-state index in [0.717, 1.165) is 4.57 Å². The molecule has 16 nitrogen and oxygen atoms in total. The molecular formula is C10H19BN3O13P3. The maximum atomic E-state index is 11.9. The molecule has 0 saturated carbocycles. The summed E-state index contributed by atoms with van der Waals surface area (Å²) in [6.45, 7) is 0.689. The van der Waals surface area contributed by atoms with Crippen molar-refractivity contribution in [2.45, 2.75) is 31.8 Å². The van der Waals surface area contributed by atoms with E-state index in [2.05, 4.69) is 18.1 Å². The maximum absolute atomic E-state index is 11.9. The molecule has 170 valence electrons. The monoisotopic (exact) mass is 493 g/mol. The largest absolute Gasteiger partial charge is 0.487 e. The Bertz CT molecular complexity index is 1020. The summed E-state index contributed by atoms with van der Waals surface area (Å²) < 4.78 is 52.2. The zero-order valence-corrected chi connectivity index (χ0v) is 17.9. The predicted molar refractivity (Wildman–Crippen MR) is 99.0 cm³/mol. The molecule has 0 bridgehead atoms. The Morgan fingerprint density at radius 2 is 1.87 bits per heavy atom. The third-order valence-electron chi connectivity index (χ3n) is 3.51. The minimum absolute atomic E-state index is 0. The van der Waals surface area contributed by atoms with Gasteiger partial charge in [0.05, 0.1) is 12.7 Å². The van der Waals surface area contributed by atoms with E-state index in [1.54, 1.807) is 0 Å². The molecule has 1 aromatic heterocycles. The first-order valence-electron chi connectivity index (χ1n) is 7.58. The number of nitrogens with zero attached hydrogens (tertiary/aromatic N) is 1. The molecule has 0 spiro atoms. The molecule has 30 heavy (non-hydrogen) atoms. The van der Waals surface area contributed by atoms with Crippen molar-refractivity contribution in [2.75, 3.05) is 6.61 Å². The molecule has 1 saturated heterocycles. The highest BCUT2D eigenvalue weighted by molar-refractivity contribution is 7.84. The highest BCUT2D eigenvalue weighted by atomic mass is 31.3. The van der Waals surface area contributed by atoms with Gasteiger partial charge in [-0.05, 0) is 6.92 Å². The molecule has 5 atom stereocenters. The summed E-state index contributed by atoms with van der Waals surface area (Å²) >= 11 is 0. The van der Waals surface area contributed by atoms with Crippen molar-refractivity contribution in [1.82, 2.24) is 15.7 Å². The number of nitrogens with one attached hydrogen (secondary N) is 1. The first kappa shape index (κ1) is 27.1. The summed E-state index contributed by atoms with van der Waals surface area (Å²) in [7, 11) is -10.8. The van der Waals surface area contributed by atoms with Crippen LogP contribution >= 0.6 is 23.1 Å². The molecule has 1 fully saturated rings. The van der Waals surface area contributed by atoms with Crippen LogP contribution in [0.5, 0.6) is 0 Å². The van der Waals surface area contributed by atoms with Crippen LogP contribution in [0.1, 0.15) is 18.2 Å². The Morgan fingerprint density at radius 3 is 2.43 bits per heavy atom. The van der Waals surface area contributed by atoms with Crippen molar-refractivity contribution in [3.63, 3.8) is 0 Å². The average Bonchev–Trinajstić information content (AvgIpc) is 2.86. The van der Waals surface area contributed by atoms with Gasteiger partial charge in [0.15, 0.2) is 0 Å². The second kappa shape index (κ2) is 9.69. The Labute approximate surface area is 169 Å². The second-order valence-electron chi connectivity index (χ2n) is 5.87. The van der Waals surface area contributed by atoms with Crippen LogP contribution in [-0.4, -0.2) is 55.7 Å². The summed E-state index contributed by atoms with van der Waals surface area (Å²) in [4.78, 5) is 51.4. The van der Waals surface area contributed by atoms with E-state index in [1.165, 1.54) is 13.1 Å². The van der Waals surface area contributed by atoms with Crippen molar-refractivity contribution in [2.24, 2.45) is 0 Å². The molecular weight excluding hydrogens is 474 g/mol. The van der Waals surface area contributed by atoms with Gasteiger partial charge in [-0.15, -0.1) is 0 Å². The van der Waals surface area contributed by atoms with Gasteiger partial charge in [0.1, 0.15) is 12.3 Å². The van der Waals surface area contributed by atoms with Crippen molar-refractivity contribution >= 4 is 30.7 Å². The number of ether oxygens (including phenoxy) is 1. The fourth-order valence-corrected chi connectivity index (χ4v) is 5.49. The van der Waals surface area contributed by atoms with Crippen LogP contribution in [0.15, 0.2) is 15.8 Å². The van der Waals surface area contributed by atoms with Gasteiger partial charge in [-0.3, -0.25) is 18.9 Å². The number of aliphatic hydroxyl groups is 1. The lowest BCUT2D eigenvalue weighted by atomic mass is 10.2. The molecule has 0 aromatic carbocycles. The number of phosphoric acid groups is 2. The van der Waals surface area contributed by atoms with Crippen molar-refractivity contribution in [1.29, 1.82) is 0 Å². The number of aromatic amines is 1. The highest BCUT2D eigenvalue weighted by Crippen LogP contribution is 2.66. The fourth-order valence-electron chi connectivity index (χ4n) is 2.33. The van der Waals surface area contributed by atoms with Gasteiger partial charge in [0.25, 0.3) is 13.0 Å². The molecule has 0 amide bonds. The number of hydrogen-bond acceptors (Lipinski definition) is 11. The van der Waals surface area contributed by atoms with Crippen LogP contribution in [0.4, 0.5) is 0 Å². The SMILES string of the molecule is N.[B]P(=O)(OC[C@H]1O[C@@H](n2cc(C)c(=O)[nH]c2=O)C[C@@H]1O)OP(=O)(O)OP(=O)(O)O. The van der Waals surface area contributed by atoms with Gasteiger partial charge in [-0.1, -0.05) is 0 Å². The number of aryl methyl sites for hydroxylation is 1. The molecule has 1 aromatic rings. The van der Waals surface area contributed by atoms with Crippen molar-refractivity contribution in [3.8, 4) is 0 Å². The molecule has 0 aliphatic carbocycles. The molecule has 1 aliphatic heterocycles. The van der Waals surface area contributed by atoms with Gasteiger partial charge in [0.2, 0.25) is 7.57 Å². The first-order valence-corrected chi connectivity index (χ1v) is 12.2. The lowest BCUT2D eigenvalue weighted by Gasteiger charge is -2.21. The predicted octanol–water partition coefficient (Wildman–Crippen LogP) is -0.825. The maximum Gasteiger partial charge on any atom is 0.487 e. The van der Waals surface area contributed by atoms with Crippen LogP contribution in [0.3, 0.4) is 0 Å². The molecule has 2 unspecified atom stereocenters. The van der Waals surface area contributed by atoms with Crippen molar-refractivity contribution < 1.29 is 51.4 Å². The Hall–Kier alpha value is -0.925. The van der Waals surface area contributed by atoms with Gasteiger partial charge in [-0.25, -0.2) is 18.2 Å². The Balaban J connectivity index is 0.00000450. The summed E-state index contributed by atoms with van der Waals surface area (Å²) in [5, 5.41) is 10.0. The highest BCUT2D eigenvalue weighted by Gasteiger charge is 2.41. The Kier molecular flexibility index (Phi) is 8.76. The van der Waals surface area contributed by atoms with Crippen molar-refractivity contribution in [3.05, 3.63) is 32.6 Å². The third kappa shape index (κ3) is 7.64. The fraction of sp³-hybridized carbons (Fsp3) is 0.600. The topological polar surface area (TPSA) is 259 Å². The van der Waals surface area contributed by atoms with Crippen LogP contribution in [-0.2, 0) is 31.6 Å². The second-order valence-corrected chi connectivity index (χ2v) is 10.4. The summed E-state index contributed by atoms with van der Waals surface area (Å²) in [6.07, 6.45) is -2.43. The van der Waals surface area contributed by atoms with Gasteiger partial charge in [-0.2, -0.15) is 4.31 Å². The lowest BCUT2D eigenvalue weighted by Crippen LogP contribution is -2.33. The number of aliphatic hydroxyl groups excluding tert-OH is 1. The minimum atomic E-state index is -5.55. The number of hydrogen-bond donors (Lipinski definition) is 6. The molecule has 8 N–H and O–H groups in total. The van der Waals surface area contributed by atoms with E-state index in [9.17, 15) is 28.4 Å². The average molecular weight is 493 g/mol. The molecule has 2 radical (unpaired) electrons. The van der Waals surface area contributed by atoms with E-state index in [-0.39, 0.29) is 18.1 Å². The summed E-state index contributed by atoms with van der Waals surface area (Å²) in [5.74, 6) is 0. The molecule has 2 rings (SSSR count). The zero-order chi connectivity index (χ0) is 22.2. The first-order chi connectivity index (χ1) is 13.1. The van der Waals surface area contributed by atoms with E-state index < -0.39 is 59.4 Å². The normalized spacial score (nSPS) is 25.8. The van der Waals surface area contributed by atoms with Crippen LogP contribution in [0.25, 0.3) is 0 Å². The molecule has 2 heterocycles. The third-order valence-corrected chi connectivity index (χ3v) is 7.43. The van der Waals surface area contributed by atoms with E-state index >= 15 is 0 Å². The van der Waals surface area contributed by atoms with Gasteiger partial charge in [0, 0.05) is 18.2 Å². The van der Waals surface area contributed by atoms with Gasteiger partial charge < -0.3 is 35.2 Å². The van der Waals surface area contributed by atoms with Gasteiger partial charge >= 0.3 is 21.3 Å². The molecule has 20 heteroatoms. The van der Waals surface area contributed by atoms with Crippen LogP contribution < -0.4 is 17.4 Å². The molecule has 1 aliphatic rings. The Morgan fingerprint density at radius 1 is 1.27 bits per heavy atom. The van der Waals surface area contributed by atoms with E-state index in [1.807, 2.05) is 0 Å². The number of rotatable bonds is 8. The number of H-pyrrole nitrogens is 1. The smallest absolute Gasteiger partial charge is 0.390 e. The minimum Gasteiger partial charge on any atom is -0.390 e. The van der Waals surface area contributed by atoms with E-state index in [4.69, 9.17) is 27.0 Å². The standard InChI is InChI=1S/C10H16BN2O13P3.H3N/c1-5-3-13(10(16)12-9(5)15)8-2-6(14)7(24-8)4-23-27(11,17)25-29(21,22)26-28(18,19)20;/h3,6-8,14H,2,4H2,1H3,(H,21,22)(H,12,15,16)(H2,18,19,20);1H3/t6-,7+,8+,27?;/m0./s1. The van der Waals surface area contributed by atoms with E-state index in [0.29, 0.717) is 0 Å². The summed E-state index contributed by atoms with van der Waals surface area (Å²) in [5.41, 5.74) is -1.20. The quantitative estimate of drug-likeness (QED) is 0.191. The lowest BCUT2D eigenvalue weighted by molar-refractivity contribution is -0.0417. The number of aromatic nitrogens is 2. The van der Waals surface area contributed by atoms with Crippen LogP contribution in [0, 0.1) is 6.92 Å². The zero-order valence-electron chi connectivity index (χ0n) is 15.3. The summed E-state index contributed by atoms with van der Waals surface area (Å²) in [6, 6.07) is 0. The van der Waals surface area contributed by atoms with Crippen LogP contribution in [0.2, 0.25) is 0 Å².